The predicted octanol–water partition coefficient (Wildman–Crippen LogP) is 1.43. The molecule has 1 saturated heterocycles. The first-order valence-corrected chi connectivity index (χ1v) is 8.23. The minimum absolute atomic E-state index is 0.160. The molecule has 7 heteroatoms. The first-order valence-electron chi connectivity index (χ1n) is 6.79. The molecule has 6 nitrogen and oxygen atoms in total. The molecule has 0 aliphatic carbocycles. The second-order valence-electron chi connectivity index (χ2n) is 5.14. The fourth-order valence-electron chi connectivity index (χ4n) is 2.43. The fourth-order valence-corrected chi connectivity index (χ4v) is 3.85. The second-order valence-corrected chi connectivity index (χ2v) is 7.16. The van der Waals surface area contributed by atoms with Gasteiger partial charge in [0.05, 0.1) is 10.5 Å². The molecule has 2 rings (SSSR count). The quantitative estimate of drug-likeness (QED) is 0.889. The van der Waals surface area contributed by atoms with Crippen molar-refractivity contribution in [2.75, 3.05) is 26.8 Å². The molecule has 116 valence electrons. The highest BCUT2D eigenvalue weighted by Crippen LogP contribution is 2.22. The molecule has 1 aliphatic heterocycles. The van der Waals surface area contributed by atoms with E-state index in [1.165, 1.54) is 35.6 Å². The SMILES string of the molecule is CN(CC1CCOCC1)S(=O)(=O)c1ccccc1C(=O)O. The molecule has 0 spiro atoms. The van der Waals surface area contributed by atoms with Crippen LogP contribution in [0.3, 0.4) is 0 Å². The summed E-state index contributed by atoms with van der Waals surface area (Å²) in [6.45, 7) is 1.66. The van der Waals surface area contributed by atoms with Gasteiger partial charge in [-0.05, 0) is 30.9 Å². The lowest BCUT2D eigenvalue weighted by molar-refractivity contribution is 0.0620. The molecule has 0 unspecified atom stereocenters. The van der Waals surface area contributed by atoms with Crippen molar-refractivity contribution in [3.8, 4) is 0 Å². The van der Waals surface area contributed by atoms with Crippen molar-refractivity contribution in [1.29, 1.82) is 0 Å². The molecule has 0 amide bonds. The molecule has 0 saturated carbocycles. The molecule has 0 aromatic heterocycles. The molecule has 1 aromatic carbocycles. The van der Waals surface area contributed by atoms with Gasteiger partial charge in [0.15, 0.2) is 0 Å². The van der Waals surface area contributed by atoms with Crippen LogP contribution in [0.4, 0.5) is 0 Å². The monoisotopic (exact) mass is 313 g/mol. The Kier molecular flexibility index (Phi) is 4.97. The molecule has 21 heavy (non-hydrogen) atoms. The fraction of sp³-hybridized carbons (Fsp3) is 0.500. The maximum atomic E-state index is 12.6. The van der Waals surface area contributed by atoms with Crippen molar-refractivity contribution in [3.63, 3.8) is 0 Å². The molecular formula is C14H19NO5S. The molecule has 1 aliphatic rings. The Morgan fingerprint density at radius 1 is 1.33 bits per heavy atom. The van der Waals surface area contributed by atoms with Gasteiger partial charge in [-0.25, -0.2) is 17.5 Å². The van der Waals surface area contributed by atoms with E-state index in [2.05, 4.69) is 0 Å². The summed E-state index contributed by atoms with van der Waals surface area (Å²) in [5.74, 6) is -0.996. The van der Waals surface area contributed by atoms with Crippen LogP contribution in [0, 0.1) is 5.92 Å². The van der Waals surface area contributed by atoms with Crippen molar-refractivity contribution in [1.82, 2.24) is 4.31 Å². The van der Waals surface area contributed by atoms with Crippen LogP contribution < -0.4 is 0 Å². The maximum absolute atomic E-state index is 12.6. The third-order valence-electron chi connectivity index (χ3n) is 3.66. The third-order valence-corrected chi connectivity index (χ3v) is 5.54. The van der Waals surface area contributed by atoms with E-state index in [9.17, 15) is 13.2 Å². The Bertz CT molecular complexity index is 608. The second kappa shape index (κ2) is 6.55. The number of carboxylic acid groups (broad SMARTS) is 1. The summed E-state index contributed by atoms with van der Waals surface area (Å²) in [5, 5.41) is 9.13. The Morgan fingerprint density at radius 3 is 2.57 bits per heavy atom. The lowest BCUT2D eigenvalue weighted by atomic mass is 10.0. The van der Waals surface area contributed by atoms with Crippen LogP contribution >= 0.6 is 0 Å². The molecule has 0 atom stereocenters. The van der Waals surface area contributed by atoms with Gasteiger partial charge in [-0.2, -0.15) is 0 Å². The smallest absolute Gasteiger partial charge is 0.337 e. The minimum Gasteiger partial charge on any atom is -0.478 e. The Morgan fingerprint density at radius 2 is 1.95 bits per heavy atom. The first-order chi connectivity index (χ1) is 9.93. The number of ether oxygens (including phenoxy) is 1. The lowest BCUT2D eigenvalue weighted by Gasteiger charge is -2.27. The minimum atomic E-state index is -3.80. The summed E-state index contributed by atoms with van der Waals surface area (Å²) in [5.41, 5.74) is -0.198. The van der Waals surface area contributed by atoms with Crippen LogP contribution in [-0.4, -0.2) is 50.6 Å². The van der Waals surface area contributed by atoms with Crippen molar-refractivity contribution < 1.29 is 23.1 Å². The topological polar surface area (TPSA) is 83.9 Å². The van der Waals surface area contributed by atoms with Crippen molar-refractivity contribution in [2.24, 2.45) is 5.92 Å². The summed E-state index contributed by atoms with van der Waals surface area (Å²) < 4.78 is 31.6. The van der Waals surface area contributed by atoms with E-state index in [-0.39, 0.29) is 16.4 Å². The molecule has 1 heterocycles. The number of sulfonamides is 1. The molecule has 0 radical (unpaired) electrons. The normalized spacial score (nSPS) is 17.0. The van der Waals surface area contributed by atoms with E-state index < -0.39 is 16.0 Å². The number of nitrogens with zero attached hydrogens (tertiary/aromatic N) is 1. The van der Waals surface area contributed by atoms with E-state index in [1.54, 1.807) is 0 Å². The summed E-state index contributed by atoms with van der Waals surface area (Å²) in [6.07, 6.45) is 1.64. The third kappa shape index (κ3) is 3.61. The highest BCUT2D eigenvalue weighted by atomic mass is 32.2. The van der Waals surface area contributed by atoms with E-state index in [1.807, 2.05) is 0 Å². The molecule has 1 fully saturated rings. The molecule has 0 bridgehead atoms. The predicted molar refractivity (Wildman–Crippen MR) is 76.8 cm³/mol. The Hall–Kier alpha value is -1.44. The van der Waals surface area contributed by atoms with Crippen LogP contribution in [0.5, 0.6) is 0 Å². The van der Waals surface area contributed by atoms with Crippen LogP contribution in [0.1, 0.15) is 23.2 Å². The standard InChI is InChI=1S/C14H19NO5S/c1-15(10-11-6-8-20-9-7-11)21(18,19)13-5-3-2-4-12(13)14(16)17/h2-5,11H,6-10H2,1H3,(H,16,17). The summed E-state index contributed by atoms with van der Waals surface area (Å²) >= 11 is 0. The zero-order valence-electron chi connectivity index (χ0n) is 11.9. The van der Waals surface area contributed by atoms with Gasteiger partial charge < -0.3 is 9.84 Å². The maximum Gasteiger partial charge on any atom is 0.337 e. The average Bonchev–Trinajstić information content (AvgIpc) is 2.48. The molecular weight excluding hydrogens is 294 g/mol. The van der Waals surface area contributed by atoms with Gasteiger partial charge >= 0.3 is 5.97 Å². The lowest BCUT2D eigenvalue weighted by Crippen LogP contribution is -2.34. The highest BCUT2D eigenvalue weighted by Gasteiger charge is 2.28. The van der Waals surface area contributed by atoms with Crippen molar-refractivity contribution >= 4 is 16.0 Å². The summed E-state index contributed by atoms with van der Waals surface area (Å²) in [7, 11) is -2.31. The zero-order chi connectivity index (χ0) is 15.5. The van der Waals surface area contributed by atoms with Gasteiger partial charge in [0, 0.05) is 26.8 Å². The van der Waals surface area contributed by atoms with Gasteiger partial charge in [0.2, 0.25) is 10.0 Å². The highest BCUT2D eigenvalue weighted by molar-refractivity contribution is 7.89. The van der Waals surface area contributed by atoms with Gasteiger partial charge in [0.1, 0.15) is 0 Å². The number of hydrogen-bond donors (Lipinski definition) is 1. The number of carboxylic acids is 1. The largest absolute Gasteiger partial charge is 0.478 e. The number of rotatable bonds is 5. The summed E-state index contributed by atoms with van der Waals surface area (Å²) in [4.78, 5) is 11.0. The van der Waals surface area contributed by atoms with E-state index in [0.29, 0.717) is 19.8 Å². The van der Waals surface area contributed by atoms with Crippen LogP contribution in [0.2, 0.25) is 0 Å². The van der Waals surface area contributed by atoms with Crippen LogP contribution in [0.15, 0.2) is 29.2 Å². The Labute approximate surface area is 124 Å². The zero-order valence-corrected chi connectivity index (χ0v) is 12.7. The number of aromatic carboxylic acids is 1. The average molecular weight is 313 g/mol. The van der Waals surface area contributed by atoms with Crippen molar-refractivity contribution in [2.45, 2.75) is 17.7 Å². The number of hydrogen-bond acceptors (Lipinski definition) is 4. The van der Waals surface area contributed by atoms with E-state index in [4.69, 9.17) is 9.84 Å². The van der Waals surface area contributed by atoms with Crippen molar-refractivity contribution in [3.05, 3.63) is 29.8 Å². The molecule has 1 N–H and O–H groups in total. The molecule has 1 aromatic rings. The number of benzene rings is 1. The van der Waals surface area contributed by atoms with E-state index >= 15 is 0 Å². The van der Waals surface area contributed by atoms with E-state index in [0.717, 1.165) is 12.8 Å². The van der Waals surface area contributed by atoms with Gasteiger partial charge in [-0.15, -0.1) is 0 Å². The van der Waals surface area contributed by atoms with Gasteiger partial charge in [-0.3, -0.25) is 0 Å². The summed E-state index contributed by atoms with van der Waals surface area (Å²) in [6, 6.07) is 5.68. The van der Waals surface area contributed by atoms with Crippen LogP contribution in [0.25, 0.3) is 0 Å². The van der Waals surface area contributed by atoms with Crippen LogP contribution in [-0.2, 0) is 14.8 Å². The van der Waals surface area contributed by atoms with Gasteiger partial charge in [0.25, 0.3) is 0 Å². The Balaban J connectivity index is 2.22. The number of carbonyl (C=O) groups is 1. The first kappa shape index (κ1) is 15.9. The van der Waals surface area contributed by atoms with Gasteiger partial charge in [-0.1, -0.05) is 12.1 Å².